The summed E-state index contributed by atoms with van der Waals surface area (Å²) in [5, 5.41) is 22.8. The van der Waals surface area contributed by atoms with Crippen molar-refractivity contribution in [3.05, 3.63) is 44.0 Å². The molecule has 0 amide bonds. The first-order valence-corrected chi connectivity index (χ1v) is 10.0. The Balaban J connectivity index is 3.63. The fourth-order valence-electron chi connectivity index (χ4n) is 2.87. The number of nitro groups is 2. The lowest BCUT2D eigenvalue weighted by Gasteiger charge is -2.34. The van der Waals surface area contributed by atoms with Crippen LogP contribution in [-0.4, -0.2) is 38.5 Å². The first-order valence-electron chi connectivity index (χ1n) is 8.21. The molecule has 0 bridgehead atoms. The summed E-state index contributed by atoms with van der Waals surface area (Å²) in [6.45, 7) is 8.12. The van der Waals surface area contributed by atoms with Crippen molar-refractivity contribution in [1.82, 2.24) is 0 Å². The van der Waals surface area contributed by atoms with Crippen molar-refractivity contribution < 1.29 is 23.1 Å². The van der Waals surface area contributed by atoms with Gasteiger partial charge >= 0.3 is 20.2 Å². The molecule has 1 rings (SSSR count). The monoisotopic (exact) mass is 372 g/mol. The number of benzene rings is 1. The molecule has 0 fully saturated rings. The Labute approximate surface area is 147 Å². The van der Waals surface area contributed by atoms with Crippen LogP contribution in [-0.2, 0) is 13.3 Å². The van der Waals surface area contributed by atoms with Crippen LogP contribution < -0.4 is 0 Å². The van der Waals surface area contributed by atoms with E-state index in [0.29, 0.717) is 26.2 Å². The van der Waals surface area contributed by atoms with E-state index in [0.717, 1.165) is 6.07 Å². The molecule has 9 nitrogen and oxygen atoms in total. The normalized spacial score (nSPS) is 12.8. The smallest absolute Gasteiger partial charge is 0.373 e. The van der Waals surface area contributed by atoms with E-state index < -0.39 is 35.6 Å². The predicted molar refractivity (Wildman–Crippen MR) is 93.4 cm³/mol. The Morgan fingerprint density at radius 2 is 1.48 bits per heavy atom. The van der Waals surface area contributed by atoms with Crippen LogP contribution in [0.4, 0.5) is 11.4 Å². The van der Waals surface area contributed by atoms with Gasteiger partial charge in [-0.25, -0.2) is 0 Å². The summed E-state index contributed by atoms with van der Waals surface area (Å²) >= 11 is 0. The highest BCUT2D eigenvalue weighted by atomic mass is 28.4. The predicted octanol–water partition coefficient (Wildman–Crippen LogP) is 3.58. The SMILES string of the molecule is CCO[Si](OCC)(OCC)C(CC)c1cccc([N+](=O)[O-])c1[N+](=O)[O-]. The van der Waals surface area contributed by atoms with E-state index in [9.17, 15) is 20.2 Å². The Bertz CT molecular complexity index is 595. The van der Waals surface area contributed by atoms with E-state index in [2.05, 4.69) is 0 Å². The molecule has 1 aromatic rings. The van der Waals surface area contributed by atoms with E-state index in [4.69, 9.17) is 13.3 Å². The minimum absolute atomic E-state index is 0.212. The summed E-state index contributed by atoms with van der Waals surface area (Å²) in [5.74, 6) is 0. The van der Waals surface area contributed by atoms with Gasteiger partial charge in [-0.15, -0.1) is 0 Å². The van der Waals surface area contributed by atoms with E-state index in [1.165, 1.54) is 12.1 Å². The molecule has 0 radical (unpaired) electrons. The van der Waals surface area contributed by atoms with Crippen LogP contribution in [0.1, 0.15) is 45.2 Å². The maximum atomic E-state index is 11.6. The van der Waals surface area contributed by atoms with Crippen molar-refractivity contribution in [2.75, 3.05) is 19.8 Å². The summed E-state index contributed by atoms with van der Waals surface area (Å²) < 4.78 is 17.6. The highest BCUT2D eigenvalue weighted by Gasteiger charge is 2.52. The van der Waals surface area contributed by atoms with Crippen molar-refractivity contribution in [1.29, 1.82) is 0 Å². The third kappa shape index (κ3) is 4.60. The van der Waals surface area contributed by atoms with Gasteiger partial charge in [0.25, 0.3) is 0 Å². The zero-order chi connectivity index (χ0) is 19.0. The van der Waals surface area contributed by atoms with Gasteiger partial charge in [0.1, 0.15) is 0 Å². The molecule has 0 aliphatic heterocycles. The average molecular weight is 372 g/mol. The maximum Gasteiger partial charge on any atom is 0.509 e. The molecule has 0 aromatic heterocycles. The number of hydrogen-bond acceptors (Lipinski definition) is 7. The molecule has 25 heavy (non-hydrogen) atoms. The largest absolute Gasteiger partial charge is 0.509 e. The van der Waals surface area contributed by atoms with Crippen LogP contribution >= 0.6 is 0 Å². The number of nitrogens with zero attached hydrogens (tertiary/aromatic N) is 2. The van der Waals surface area contributed by atoms with Crippen molar-refractivity contribution >= 4 is 20.2 Å². The van der Waals surface area contributed by atoms with Crippen LogP contribution in [0.15, 0.2) is 18.2 Å². The number of para-hydroxylation sites is 1. The van der Waals surface area contributed by atoms with E-state index >= 15 is 0 Å². The maximum absolute atomic E-state index is 11.6. The van der Waals surface area contributed by atoms with E-state index in [-0.39, 0.29) is 5.56 Å². The minimum Gasteiger partial charge on any atom is -0.373 e. The molecule has 0 aliphatic carbocycles. The molecule has 0 spiro atoms. The summed E-state index contributed by atoms with van der Waals surface area (Å²) in [5.41, 5.74) is -1.44. The van der Waals surface area contributed by atoms with Gasteiger partial charge in [0.05, 0.1) is 15.4 Å². The number of rotatable bonds is 11. The quantitative estimate of drug-likeness (QED) is 0.331. The number of hydrogen-bond donors (Lipinski definition) is 0. The van der Waals surface area contributed by atoms with Crippen LogP contribution in [0.5, 0.6) is 0 Å². The third-order valence-electron chi connectivity index (χ3n) is 3.67. The minimum atomic E-state index is -3.33. The molecule has 0 N–H and O–H groups in total. The highest BCUT2D eigenvalue weighted by Crippen LogP contribution is 2.41. The second-order valence-electron chi connectivity index (χ2n) is 5.09. The molecule has 0 saturated heterocycles. The van der Waals surface area contributed by atoms with Gasteiger partial charge in [-0.1, -0.05) is 19.1 Å². The fourth-order valence-corrected chi connectivity index (χ4v) is 6.04. The Kier molecular flexibility index (Phi) is 8.09. The van der Waals surface area contributed by atoms with Crippen LogP contribution in [0.2, 0.25) is 0 Å². The second-order valence-corrected chi connectivity index (χ2v) is 7.86. The second kappa shape index (κ2) is 9.56. The molecule has 1 unspecified atom stereocenters. The third-order valence-corrected chi connectivity index (χ3v) is 7.32. The Morgan fingerprint density at radius 3 is 1.84 bits per heavy atom. The Hall–Kier alpha value is -1.88. The molecule has 1 aromatic carbocycles. The zero-order valence-corrected chi connectivity index (χ0v) is 15.9. The lowest BCUT2D eigenvalue weighted by molar-refractivity contribution is -0.423. The summed E-state index contributed by atoms with van der Waals surface area (Å²) in [6, 6.07) is 4.07. The number of nitro benzene ring substituents is 2. The van der Waals surface area contributed by atoms with Gasteiger partial charge in [0, 0.05) is 31.5 Å². The van der Waals surface area contributed by atoms with Crippen LogP contribution in [0.3, 0.4) is 0 Å². The molecule has 0 aliphatic rings. The van der Waals surface area contributed by atoms with E-state index in [1.807, 2.05) is 6.92 Å². The first kappa shape index (κ1) is 21.2. The van der Waals surface area contributed by atoms with Crippen molar-refractivity contribution in [2.45, 2.75) is 39.7 Å². The van der Waals surface area contributed by atoms with Crippen LogP contribution in [0.25, 0.3) is 0 Å². The van der Waals surface area contributed by atoms with Gasteiger partial charge in [-0.05, 0) is 27.2 Å². The average Bonchev–Trinajstić information content (AvgIpc) is 2.55. The molecular formula is C15H24N2O7Si. The van der Waals surface area contributed by atoms with Gasteiger partial charge in [0.2, 0.25) is 0 Å². The zero-order valence-electron chi connectivity index (χ0n) is 14.9. The van der Waals surface area contributed by atoms with E-state index in [1.54, 1.807) is 20.8 Å². The molecule has 140 valence electrons. The standard InChI is InChI=1S/C15H24N2O7Si/c1-5-14(25(22-6-2,23-7-3)24-8-4)12-10-9-11-13(16(18)19)15(12)17(20)21/h9-11,14H,5-8H2,1-4H3. The van der Waals surface area contributed by atoms with Gasteiger partial charge < -0.3 is 13.3 Å². The summed E-state index contributed by atoms with van der Waals surface area (Å²) in [4.78, 5) is 21.3. The van der Waals surface area contributed by atoms with Gasteiger partial charge in [0.15, 0.2) is 0 Å². The van der Waals surface area contributed by atoms with Crippen molar-refractivity contribution in [3.63, 3.8) is 0 Å². The van der Waals surface area contributed by atoms with Gasteiger partial charge in [-0.2, -0.15) is 0 Å². The molecule has 0 heterocycles. The lowest BCUT2D eigenvalue weighted by Crippen LogP contribution is -2.52. The Morgan fingerprint density at radius 1 is 0.960 bits per heavy atom. The molecular weight excluding hydrogens is 348 g/mol. The summed E-state index contributed by atoms with van der Waals surface area (Å²) in [6.07, 6.45) is 0.425. The van der Waals surface area contributed by atoms with Gasteiger partial charge in [-0.3, -0.25) is 20.2 Å². The lowest BCUT2D eigenvalue weighted by atomic mass is 10.1. The molecule has 0 saturated carbocycles. The van der Waals surface area contributed by atoms with Crippen LogP contribution in [0, 0.1) is 20.2 Å². The topological polar surface area (TPSA) is 114 Å². The summed E-state index contributed by atoms with van der Waals surface area (Å²) in [7, 11) is -3.33. The first-order chi connectivity index (χ1) is 11.9. The highest BCUT2D eigenvalue weighted by molar-refractivity contribution is 6.62. The molecule has 10 heteroatoms. The van der Waals surface area contributed by atoms with Crippen molar-refractivity contribution in [3.8, 4) is 0 Å². The molecule has 1 atom stereocenters. The van der Waals surface area contributed by atoms with Crippen molar-refractivity contribution in [2.24, 2.45) is 0 Å². The fraction of sp³-hybridized carbons (Fsp3) is 0.600.